The number of hydrogen-bond donors (Lipinski definition) is 2. The van der Waals surface area contributed by atoms with Crippen molar-refractivity contribution in [3.05, 3.63) is 0 Å². The molecule has 0 radical (unpaired) electrons. The maximum atomic E-state index is 12.3. The maximum absolute atomic E-state index is 12.3. The molecule has 0 bridgehead atoms. The molecule has 0 spiro atoms. The van der Waals surface area contributed by atoms with E-state index in [9.17, 15) is 4.79 Å². The highest BCUT2D eigenvalue weighted by atomic mass is 35.5. The van der Waals surface area contributed by atoms with Gasteiger partial charge in [-0.3, -0.25) is 4.79 Å². The van der Waals surface area contributed by atoms with E-state index in [1.54, 1.807) is 0 Å². The van der Waals surface area contributed by atoms with Gasteiger partial charge in [0, 0.05) is 19.3 Å². The topological polar surface area (TPSA) is 64.4 Å². The molecule has 5 heteroatoms. The molecule has 1 aliphatic heterocycles. The van der Waals surface area contributed by atoms with Gasteiger partial charge in [-0.2, -0.15) is 0 Å². The molecule has 1 aliphatic carbocycles. The summed E-state index contributed by atoms with van der Waals surface area (Å²) in [6.45, 7) is 3.73. The van der Waals surface area contributed by atoms with Crippen molar-refractivity contribution in [1.29, 1.82) is 0 Å². The van der Waals surface area contributed by atoms with Gasteiger partial charge in [-0.15, -0.1) is 12.4 Å². The Hall–Kier alpha value is -0.320. The van der Waals surface area contributed by atoms with Gasteiger partial charge in [-0.25, -0.2) is 0 Å². The number of amides is 1. The molecule has 1 saturated heterocycles. The minimum absolute atomic E-state index is 0. The Morgan fingerprint density at radius 1 is 1.26 bits per heavy atom. The van der Waals surface area contributed by atoms with Crippen molar-refractivity contribution in [1.82, 2.24) is 5.32 Å². The highest BCUT2D eigenvalue weighted by Crippen LogP contribution is 2.27. The van der Waals surface area contributed by atoms with Crippen molar-refractivity contribution in [2.24, 2.45) is 11.7 Å². The summed E-state index contributed by atoms with van der Waals surface area (Å²) in [4.78, 5) is 12.3. The van der Waals surface area contributed by atoms with E-state index >= 15 is 0 Å². The first-order chi connectivity index (χ1) is 8.62. The van der Waals surface area contributed by atoms with E-state index in [0.717, 1.165) is 51.7 Å². The number of halogens is 1. The minimum atomic E-state index is -0.613. The molecule has 1 saturated carbocycles. The van der Waals surface area contributed by atoms with Gasteiger partial charge in [0.05, 0.1) is 5.54 Å². The number of carbonyl (C=O) groups is 1. The summed E-state index contributed by atoms with van der Waals surface area (Å²) >= 11 is 0. The first kappa shape index (κ1) is 16.7. The Balaban J connectivity index is 0.00000180. The summed E-state index contributed by atoms with van der Waals surface area (Å²) in [5, 5.41) is 3.14. The number of ether oxygens (including phenoxy) is 1. The lowest BCUT2D eigenvalue weighted by molar-refractivity contribution is -0.128. The van der Waals surface area contributed by atoms with Gasteiger partial charge in [0.2, 0.25) is 5.91 Å². The third-order valence-corrected chi connectivity index (χ3v) is 4.53. The van der Waals surface area contributed by atoms with Gasteiger partial charge < -0.3 is 15.8 Å². The zero-order valence-electron chi connectivity index (χ0n) is 11.8. The Kier molecular flexibility index (Phi) is 6.57. The van der Waals surface area contributed by atoms with Gasteiger partial charge >= 0.3 is 0 Å². The van der Waals surface area contributed by atoms with E-state index in [0.29, 0.717) is 5.92 Å². The minimum Gasteiger partial charge on any atom is -0.381 e. The number of nitrogens with one attached hydrogen (secondary N) is 1. The summed E-state index contributed by atoms with van der Waals surface area (Å²) in [7, 11) is 0. The SMILES string of the molecule is CC(NC(=O)C1(N)CCCCC1)C1CCOCC1.Cl. The van der Waals surface area contributed by atoms with E-state index in [4.69, 9.17) is 10.5 Å². The predicted octanol–water partition coefficient (Wildman–Crippen LogP) is 2.00. The van der Waals surface area contributed by atoms with E-state index in [2.05, 4.69) is 12.2 Å². The summed E-state index contributed by atoms with van der Waals surface area (Å²) in [6, 6.07) is 0.212. The molecule has 2 rings (SSSR count). The Morgan fingerprint density at radius 2 is 1.84 bits per heavy atom. The van der Waals surface area contributed by atoms with Crippen LogP contribution >= 0.6 is 12.4 Å². The zero-order valence-corrected chi connectivity index (χ0v) is 12.6. The fraction of sp³-hybridized carbons (Fsp3) is 0.929. The summed E-state index contributed by atoms with van der Waals surface area (Å²) in [5.74, 6) is 0.594. The largest absolute Gasteiger partial charge is 0.381 e. The van der Waals surface area contributed by atoms with Crippen molar-refractivity contribution in [3.63, 3.8) is 0 Å². The molecule has 1 unspecified atom stereocenters. The molecule has 19 heavy (non-hydrogen) atoms. The smallest absolute Gasteiger partial charge is 0.240 e. The van der Waals surface area contributed by atoms with Gasteiger partial charge in [-0.05, 0) is 38.5 Å². The summed E-state index contributed by atoms with van der Waals surface area (Å²) < 4.78 is 5.35. The molecule has 3 N–H and O–H groups in total. The quantitative estimate of drug-likeness (QED) is 0.835. The van der Waals surface area contributed by atoms with Crippen LogP contribution in [0.15, 0.2) is 0 Å². The fourth-order valence-corrected chi connectivity index (χ4v) is 3.09. The second kappa shape index (κ2) is 7.46. The van der Waals surface area contributed by atoms with Crippen LogP contribution in [0.3, 0.4) is 0 Å². The monoisotopic (exact) mass is 290 g/mol. The highest BCUT2D eigenvalue weighted by molar-refractivity contribution is 5.86. The maximum Gasteiger partial charge on any atom is 0.240 e. The lowest BCUT2D eigenvalue weighted by atomic mass is 9.81. The van der Waals surface area contributed by atoms with Gasteiger partial charge in [-0.1, -0.05) is 19.3 Å². The Morgan fingerprint density at radius 3 is 2.42 bits per heavy atom. The van der Waals surface area contributed by atoms with Gasteiger partial charge in [0.15, 0.2) is 0 Å². The Labute approximate surface area is 122 Å². The molecule has 0 aromatic heterocycles. The first-order valence-electron chi connectivity index (χ1n) is 7.29. The predicted molar refractivity (Wildman–Crippen MR) is 78.4 cm³/mol. The van der Waals surface area contributed by atoms with Crippen LogP contribution in [0.25, 0.3) is 0 Å². The lowest BCUT2D eigenvalue weighted by Crippen LogP contribution is -2.57. The summed E-state index contributed by atoms with van der Waals surface area (Å²) in [6.07, 6.45) is 7.11. The van der Waals surface area contributed by atoms with Gasteiger partial charge in [0.1, 0.15) is 0 Å². The molecule has 2 fully saturated rings. The molecule has 1 heterocycles. The average molecular weight is 291 g/mol. The van der Waals surface area contributed by atoms with Crippen molar-refractivity contribution < 1.29 is 9.53 Å². The molecule has 0 aromatic rings. The van der Waals surface area contributed by atoms with E-state index in [1.165, 1.54) is 6.42 Å². The molecule has 112 valence electrons. The molecule has 4 nitrogen and oxygen atoms in total. The van der Waals surface area contributed by atoms with Crippen LogP contribution in [0.5, 0.6) is 0 Å². The van der Waals surface area contributed by atoms with Gasteiger partial charge in [0.25, 0.3) is 0 Å². The van der Waals surface area contributed by atoms with Crippen LogP contribution in [0.4, 0.5) is 0 Å². The first-order valence-corrected chi connectivity index (χ1v) is 7.29. The molecule has 1 amide bonds. The van der Waals surface area contributed by atoms with Crippen molar-refractivity contribution >= 4 is 18.3 Å². The molecule has 0 aromatic carbocycles. The van der Waals surface area contributed by atoms with Crippen molar-refractivity contribution in [3.8, 4) is 0 Å². The second-order valence-corrected chi connectivity index (χ2v) is 5.93. The molecular weight excluding hydrogens is 264 g/mol. The third kappa shape index (κ3) is 4.33. The molecule has 2 aliphatic rings. The average Bonchev–Trinajstić information content (AvgIpc) is 2.40. The molecule has 1 atom stereocenters. The molecular formula is C14H27ClN2O2. The van der Waals surface area contributed by atoms with Crippen LogP contribution in [0.1, 0.15) is 51.9 Å². The normalized spacial score (nSPS) is 25.2. The van der Waals surface area contributed by atoms with Crippen LogP contribution in [0.2, 0.25) is 0 Å². The van der Waals surface area contributed by atoms with Crippen LogP contribution in [-0.4, -0.2) is 30.7 Å². The zero-order chi connectivity index (χ0) is 13.0. The number of hydrogen-bond acceptors (Lipinski definition) is 3. The van der Waals surface area contributed by atoms with E-state index in [1.807, 2.05) is 0 Å². The third-order valence-electron chi connectivity index (χ3n) is 4.53. The fourth-order valence-electron chi connectivity index (χ4n) is 3.09. The van der Waals surface area contributed by atoms with Crippen molar-refractivity contribution in [2.75, 3.05) is 13.2 Å². The van der Waals surface area contributed by atoms with Crippen LogP contribution < -0.4 is 11.1 Å². The van der Waals surface area contributed by atoms with E-state index in [-0.39, 0.29) is 24.4 Å². The lowest BCUT2D eigenvalue weighted by Gasteiger charge is -2.35. The Bertz CT molecular complexity index is 287. The summed E-state index contributed by atoms with van der Waals surface area (Å²) in [5.41, 5.74) is 5.63. The van der Waals surface area contributed by atoms with Crippen molar-refractivity contribution in [2.45, 2.75) is 63.5 Å². The standard InChI is InChI=1S/C14H26N2O2.ClH/c1-11(12-5-9-18-10-6-12)16-13(17)14(15)7-3-2-4-8-14;/h11-12H,2-10,15H2,1H3,(H,16,17);1H. The van der Waals surface area contributed by atoms with E-state index < -0.39 is 5.54 Å². The van der Waals surface area contributed by atoms with Crippen LogP contribution in [0, 0.1) is 5.92 Å². The number of carbonyl (C=O) groups excluding carboxylic acids is 1. The number of nitrogens with two attached hydrogens (primary N) is 1. The highest BCUT2D eigenvalue weighted by Gasteiger charge is 2.36. The second-order valence-electron chi connectivity index (χ2n) is 5.93. The van der Waals surface area contributed by atoms with Crippen LogP contribution in [-0.2, 0) is 9.53 Å². The number of rotatable bonds is 3.